The number of nitrogens with two attached hydrogens (primary N) is 1. The summed E-state index contributed by atoms with van der Waals surface area (Å²) in [5.41, 5.74) is 5.45. The van der Waals surface area contributed by atoms with Gasteiger partial charge in [-0.1, -0.05) is 13.8 Å². The summed E-state index contributed by atoms with van der Waals surface area (Å²) in [6, 6.07) is 0. The van der Waals surface area contributed by atoms with Crippen LogP contribution in [0.5, 0.6) is 0 Å². The minimum absolute atomic E-state index is 0.659. The van der Waals surface area contributed by atoms with Crippen LogP contribution < -0.4 is 5.73 Å². The van der Waals surface area contributed by atoms with Crippen LogP contribution in [0.1, 0.15) is 20.3 Å². The molecule has 0 aliphatic carbocycles. The first-order valence-electron chi connectivity index (χ1n) is 3.51. The minimum atomic E-state index is 0.659. The Bertz CT molecular complexity index is 57.9. The van der Waals surface area contributed by atoms with E-state index < -0.39 is 0 Å². The maximum Gasteiger partial charge on any atom is -0.00514 e. The molecule has 2 heteroatoms. The average Bonchev–Trinajstić information content (AvgIpc) is 1.87. The van der Waals surface area contributed by atoms with Crippen molar-refractivity contribution >= 4 is 12.6 Å². The smallest absolute Gasteiger partial charge is 0.00514 e. The van der Waals surface area contributed by atoms with Gasteiger partial charge in [0.2, 0.25) is 0 Å². The Morgan fingerprint density at radius 3 is 2.22 bits per heavy atom. The van der Waals surface area contributed by atoms with Gasteiger partial charge in [-0.25, -0.2) is 0 Å². The van der Waals surface area contributed by atoms with Gasteiger partial charge in [-0.2, -0.15) is 12.6 Å². The van der Waals surface area contributed by atoms with Crippen molar-refractivity contribution in [3.8, 4) is 0 Å². The molecule has 0 spiro atoms. The molecule has 2 unspecified atom stereocenters. The maximum atomic E-state index is 5.45. The van der Waals surface area contributed by atoms with E-state index in [-0.39, 0.29) is 0 Å². The molecule has 0 aliphatic rings. The summed E-state index contributed by atoms with van der Waals surface area (Å²) in [7, 11) is 0. The highest BCUT2D eigenvalue weighted by Gasteiger charge is 2.04. The fraction of sp³-hybridized carbons (Fsp3) is 1.00. The fourth-order valence-electron chi connectivity index (χ4n) is 0.858. The van der Waals surface area contributed by atoms with Gasteiger partial charge in [0, 0.05) is 0 Å². The highest BCUT2D eigenvalue weighted by Crippen LogP contribution is 2.10. The minimum Gasteiger partial charge on any atom is -0.330 e. The van der Waals surface area contributed by atoms with E-state index in [1.54, 1.807) is 0 Å². The molecule has 0 amide bonds. The zero-order valence-electron chi connectivity index (χ0n) is 6.30. The quantitative estimate of drug-likeness (QED) is 0.580. The first-order chi connectivity index (χ1) is 4.20. The normalized spacial score (nSPS) is 17.3. The van der Waals surface area contributed by atoms with Crippen molar-refractivity contribution < 1.29 is 0 Å². The zero-order valence-corrected chi connectivity index (χ0v) is 7.20. The van der Waals surface area contributed by atoms with Crippen molar-refractivity contribution in [1.29, 1.82) is 0 Å². The highest BCUT2D eigenvalue weighted by molar-refractivity contribution is 7.80. The molecule has 0 aromatic carbocycles. The Balaban J connectivity index is 3.22. The molecule has 0 saturated carbocycles. The second-order valence-corrected chi connectivity index (χ2v) is 3.23. The van der Waals surface area contributed by atoms with Crippen LogP contribution in [-0.2, 0) is 0 Å². The molecule has 0 fully saturated rings. The Kier molecular flexibility index (Phi) is 5.30. The number of hydrogen-bond acceptors (Lipinski definition) is 2. The van der Waals surface area contributed by atoms with Crippen molar-refractivity contribution in [2.24, 2.45) is 17.6 Å². The van der Waals surface area contributed by atoms with Crippen LogP contribution in [-0.4, -0.2) is 12.3 Å². The van der Waals surface area contributed by atoms with E-state index in [0.29, 0.717) is 11.8 Å². The van der Waals surface area contributed by atoms with E-state index in [4.69, 9.17) is 5.73 Å². The van der Waals surface area contributed by atoms with Crippen LogP contribution >= 0.6 is 12.6 Å². The zero-order chi connectivity index (χ0) is 7.28. The third kappa shape index (κ3) is 4.79. The van der Waals surface area contributed by atoms with Crippen molar-refractivity contribution in [3.63, 3.8) is 0 Å². The molecule has 0 radical (unpaired) electrons. The van der Waals surface area contributed by atoms with Gasteiger partial charge in [-0.3, -0.25) is 0 Å². The summed E-state index contributed by atoms with van der Waals surface area (Å²) in [6.45, 7) is 5.19. The van der Waals surface area contributed by atoms with Gasteiger partial charge in [-0.05, 0) is 30.6 Å². The maximum absolute atomic E-state index is 5.45. The number of thiol groups is 1. The Hall–Kier alpha value is 0.310. The monoisotopic (exact) mass is 147 g/mol. The third-order valence-corrected chi connectivity index (χ3v) is 2.14. The fourth-order valence-corrected chi connectivity index (χ4v) is 1.01. The molecule has 0 aromatic heterocycles. The van der Waals surface area contributed by atoms with Crippen molar-refractivity contribution in [3.05, 3.63) is 0 Å². The molecule has 2 atom stereocenters. The molecule has 2 N–H and O–H groups in total. The van der Waals surface area contributed by atoms with E-state index >= 15 is 0 Å². The average molecular weight is 147 g/mol. The Morgan fingerprint density at radius 2 is 1.89 bits per heavy atom. The van der Waals surface area contributed by atoms with E-state index in [9.17, 15) is 0 Å². The molecule has 9 heavy (non-hydrogen) atoms. The summed E-state index contributed by atoms with van der Waals surface area (Å²) in [6.07, 6.45) is 1.21. The predicted octanol–water partition coefficient (Wildman–Crippen LogP) is 1.54. The van der Waals surface area contributed by atoms with E-state index in [2.05, 4.69) is 26.5 Å². The summed E-state index contributed by atoms with van der Waals surface area (Å²) in [5.74, 6) is 2.35. The van der Waals surface area contributed by atoms with E-state index in [1.165, 1.54) is 6.42 Å². The molecular formula is C7H17NS. The molecule has 56 valence electrons. The van der Waals surface area contributed by atoms with Gasteiger partial charge in [0.05, 0.1) is 0 Å². The van der Waals surface area contributed by atoms with Crippen molar-refractivity contribution in [1.82, 2.24) is 0 Å². The van der Waals surface area contributed by atoms with Gasteiger partial charge < -0.3 is 5.73 Å². The number of hydrogen-bond donors (Lipinski definition) is 2. The van der Waals surface area contributed by atoms with Crippen LogP contribution in [0, 0.1) is 11.8 Å². The Labute approximate surface area is 63.4 Å². The first kappa shape index (κ1) is 9.31. The van der Waals surface area contributed by atoms with E-state index in [0.717, 1.165) is 12.3 Å². The third-order valence-electron chi connectivity index (χ3n) is 1.52. The van der Waals surface area contributed by atoms with Gasteiger partial charge in [0.15, 0.2) is 0 Å². The van der Waals surface area contributed by atoms with E-state index in [1.807, 2.05) is 0 Å². The van der Waals surface area contributed by atoms with Gasteiger partial charge >= 0.3 is 0 Å². The topological polar surface area (TPSA) is 26.0 Å². The first-order valence-corrected chi connectivity index (χ1v) is 4.14. The number of rotatable bonds is 4. The second-order valence-electron chi connectivity index (χ2n) is 2.86. The van der Waals surface area contributed by atoms with Gasteiger partial charge in [0.1, 0.15) is 0 Å². The van der Waals surface area contributed by atoms with Crippen molar-refractivity contribution in [2.45, 2.75) is 20.3 Å². The van der Waals surface area contributed by atoms with Crippen LogP contribution in [0.3, 0.4) is 0 Å². The van der Waals surface area contributed by atoms with Crippen molar-refractivity contribution in [2.75, 3.05) is 12.3 Å². The molecule has 0 rings (SSSR count). The van der Waals surface area contributed by atoms with Gasteiger partial charge in [0.25, 0.3) is 0 Å². The summed E-state index contributed by atoms with van der Waals surface area (Å²) in [5, 5.41) is 0. The molecule has 0 aliphatic heterocycles. The molecular weight excluding hydrogens is 130 g/mol. The molecule has 0 bridgehead atoms. The van der Waals surface area contributed by atoms with Gasteiger partial charge in [-0.15, -0.1) is 0 Å². The lowest BCUT2D eigenvalue weighted by atomic mass is 9.99. The van der Waals surface area contributed by atoms with Crippen LogP contribution in [0.4, 0.5) is 0 Å². The second kappa shape index (κ2) is 5.12. The SMILES string of the molecule is CC(CN)CC(C)CS. The lowest BCUT2D eigenvalue weighted by Gasteiger charge is -2.12. The van der Waals surface area contributed by atoms with Crippen LogP contribution in [0.2, 0.25) is 0 Å². The van der Waals surface area contributed by atoms with Crippen LogP contribution in [0.25, 0.3) is 0 Å². The lowest BCUT2D eigenvalue weighted by Crippen LogP contribution is -2.14. The summed E-state index contributed by atoms with van der Waals surface area (Å²) < 4.78 is 0. The summed E-state index contributed by atoms with van der Waals surface area (Å²) in [4.78, 5) is 0. The predicted molar refractivity (Wildman–Crippen MR) is 45.9 cm³/mol. The largest absolute Gasteiger partial charge is 0.330 e. The standard InChI is InChI=1S/C7H17NS/c1-6(4-8)3-7(2)5-9/h6-7,9H,3-5,8H2,1-2H3. The highest BCUT2D eigenvalue weighted by atomic mass is 32.1. The summed E-state index contributed by atoms with van der Waals surface area (Å²) >= 11 is 4.19. The lowest BCUT2D eigenvalue weighted by molar-refractivity contribution is 0.452. The molecule has 0 heterocycles. The molecule has 0 aromatic rings. The molecule has 1 nitrogen and oxygen atoms in total. The Morgan fingerprint density at radius 1 is 1.33 bits per heavy atom. The van der Waals surface area contributed by atoms with Crippen LogP contribution in [0.15, 0.2) is 0 Å². The molecule has 0 saturated heterocycles.